The van der Waals surface area contributed by atoms with Crippen molar-refractivity contribution >= 4 is 33.3 Å². The molecule has 2 aliphatic heterocycles. The van der Waals surface area contributed by atoms with Crippen LogP contribution in [0.2, 0.25) is 0 Å². The second kappa shape index (κ2) is 9.38. The molecule has 1 saturated heterocycles. The lowest BCUT2D eigenvalue weighted by Crippen LogP contribution is -2.54. The molecular weight excluding hydrogens is 517 g/mol. The van der Waals surface area contributed by atoms with E-state index in [1.165, 1.54) is 0 Å². The second-order valence-corrected chi connectivity index (χ2v) is 10.9. The van der Waals surface area contributed by atoms with E-state index in [-0.39, 0.29) is 24.2 Å². The van der Waals surface area contributed by atoms with Crippen LogP contribution in [-0.4, -0.2) is 79.7 Å². The average molecular weight is 545 g/mol. The van der Waals surface area contributed by atoms with Crippen molar-refractivity contribution in [1.82, 2.24) is 34.5 Å². The highest BCUT2D eigenvalue weighted by Gasteiger charge is 2.39. The molecule has 13 heteroatoms. The Hall–Kier alpha value is -3.45. The summed E-state index contributed by atoms with van der Waals surface area (Å²) in [7, 11) is 2.06. The Balaban J connectivity index is 1.22. The zero-order valence-electron chi connectivity index (χ0n) is 21.0. The minimum atomic E-state index is -4.56. The number of nitrogens with one attached hydrogen (secondary N) is 1. The first-order valence-corrected chi connectivity index (χ1v) is 13.3. The first-order chi connectivity index (χ1) is 18.2. The molecular formula is C25H27F3N8OS. The van der Waals surface area contributed by atoms with E-state index in [0.717, 1.165) is 36.3 Å². The van der Waals surface area contributed by atoms with E-state index in [2.05, 4.69) is 32.0 Å². The number of para-hydroxylation sites is 2. The van der Waals surface area contributed by atoms with Crippen molar-refractivity contribution in [2.75, 3.05) is 38.1 Å². The number of piperazine rings is 1. The van der Waals surface area contributed by atoms with Gasteiger partial charge in [-0.25, -0.2) is 9.97 Å². The third kappa shape index (κ3) is 4.53. The number of hydrogen-bond donors (Lipinski definition) is 1. The number of anilines is 1. The summed E-state index contributed by atoms with van der Waals surface area (Å²) < 4.78 is 42.8. The van der Waals surface area contributed by atoms with Gasteiger partial charge in [0.05, 0.1) is 17.2 Å². The van der Waals surface area contributed by atoms with Crippen molar-refractivity contribution in [2.45, 2.75) is 38.7 Å². The number of imidazole rings is 1. The summed E-state index contributed by atoms with van der Waals surface area (Å²) in [4.78, 5) is 30.7. The molecule has 6 rings (SSSR count). The quantitative estimate of drug-likeness (QED) is 0.423. The summed E-state index contributed by atoms with van der Waals surface area (Å²) in [5.41, 5.74) is 3.81. The van der Waals surface area contributed by atoms with Crippen LogP contribution in [0.4, 0.5) is 18.2 Å². The molecule has 0 saturated carbocycles. The fraction of sp³-hybridized carbons (Fsp3) is 0.440. The van der Waals surface area contributed by atoms with E-state index in [1.54, 1.807) is 15.6 Å². The molecule has 9 nitrogen and oxygen atoms in total. The molecule has 1 fully saturated rings. The summed E-state index contributed by atoms with van der Waals surface area (Å²) in [5, 5.41) is 3.94. The molecule has 0 spiro atoms. The fourth-order valence-electron chi connectivity index (χ4n) is 5.27. The number of amides is 1. The van der Waals surface area contributed by atoms with Crippen LogP contribution < -0.4 is 4.90 Å². The number of hydrogen-bond acceptors (Lipinski definition) is 7. The van der Waals surface area contributed by atoms with Gasteiger partial charge in [0.15, 0.2) is 5.82 Å². The minimum absolute atomic E-state index is 0.0419. The molecule has 5 heterocycles. The molecule has 0 unspecified atom stereocenters. The molecule has 0 radical (unpaired) electrons. The summed E-state index contributed by atoms with van der Waals surface area (Å²) in [5.74, 6) is 0.257. The number of alkyl halides is 3. The number of aromatic nitrogens is 5. The van der Waals surface area contributed by atoms with Gasteiger partial charge in [-0.2, -0.15) is 18.3 Å². The highest BCUT2D eigenvalue weighted by Crippen LogP contribution is 2.42. The van der Waals surface area contributed by atoms with E-state index >= 15 is 0 Å². The number of fused-ring (bicyclic) bond motifs is 2. The van der Waals surface area contributed by atoms with Crippen LogP contribution in [0.5, 0.6) is 0 Å². The highest BCUT2D eigenvalue weighted by molar-refractivity contribution is 7.16. The second-order valence-electron chi connectivity index (χ2n) is 9.92. The monoisotopic (exact) mass is 544 g/mol. The number of carbonyl (C=O) groups is 1. The maximum atomic E-state index is 13.7. The fourth-order valence-corrected chi connectivity index (χ4v) is 6.24. The predicted molar refractivity (Wildman–Crippen MR) is 138 cm³/mol. The third-order valence-corrected chi connectivity index (χ3v) is 8.35. The zero-order chi connectivity index (χ0) is 26.6. The maximum Gasteiger partial charge on any atom is 0.443 e. The zero-order valence-corrected chi connectivity index (χ0v) is 21.8. The Kier molecular flexibility index (Phi) is 6.14. The summed E-state index contributed by atoms with van der Waals surface area (Å²) in [6, 6.07) is 7.08. The van der Waals surface area contributed by atoms with Crippen LogP contribution in [0, 0.1) is 0 Å². The van der Waals surface area contributed by atoms with Crippen LogP contribution in [0.15, 0.2) is 30.5 Å². The number of halogens is 3. The average Bonchev–Trinajstić information content (AvgIpc) is 3.60. The number of benzene rings is 1. The first kappa shape index (κ1) is 24.9. The molecule has 0 bridgehead atoms. The van der Waals surface area contributed by atoms with Crippen molar-refractivity contribution in [3.8, 4) is 11.5 Å². The van der Waals surface area contributed by atoms with Crippen molar-refractivity contribution in [1.29, 1.82) is 0 Å². The lowest BCUT2D eigenvalue weighted by atomic mass is 10.1. The number of H-pyrrole nitrogens is 1. The molecule has 0 aliphatic carbocycles. The Morgan fingerprint density at radius 2 is 2.00 bits per heavy atom. The Bertz CT molecular complexity index is 1460. The summed E-state index contributed by atoms with van der Waals surface area (Å²) >= 11 is 0.617. The van der Waals surface area contributed by atoms with Gasteiger partial charge in [-0.1, -0.05) is 23.5 Å². The van der Waals surface area contributed by atoms with Gasteiger partial charge in [-0.05, 0) is 26.1 Å². The third-order valence-electron chi connectivity index (χ3n) is 7.19. The van der Waals surface area contributed by atoms with Crippen LogP contribution in [-0.2, 0) is 30.5 Å². The molecule has 1 N–H and O–H groups in total. The van der Waals surface area contributed by atoms with Gasteiger partial charge in [-0.15, -0.1) is 0 Å². The number of rotatable bonds is 4. The lowest BCUT2D eigenvalue weighted by molar-refractivity contribution is -0.137. The Morgan fingerprint density at radius 3 is 2.76 bits per heavy atom. The molecule has 1 aromatic carbocycles. The van der Waals surface area contributed by atoms with E-state index < -0.39 is 11.2 Å². The molecule has 1 amide bonds. The van der Waals surface area contributed by atoms with Crippen molar-refractivity contribution < 1.29 is 18.0 Å². The van der Waals surface area contributed by atoms with Gasteiger partial charge < -0.3 is 19.7 Å². The number of nitrogens with zero attached hydrogens (tertiary/aromatic N) is 7. The Labute approximate surface area is 220 Å². The van der Waals surface area contributed by atoms with Gasteiger partial charge in [0.2, 0.25) is 10.9 Å². The van der Waals surface area contributed by atoms with Crippen LogP contribution in [0.1, 0.15) is 23.2 Å². The molecule has 3 aromatic heterocycles. The smallest absolute Gasteiger partial charge is 0.358 e. The molecule has 4 aromatic rings. The molecule has 2 aliphatic rings. The first-order valence-electron chi connectivity index (χ1n) is 12.5. The van der Waals surface area contributed by atoms with Crippen molar-refractivity contribution in [3.63, 3.8) is 0 Å². The van der Waals surface area contributed by atoms with Gasteiger partial charge >= 0.3 is 6.18 Å². The van der Waals surface area contributed by atoms with E-state index in [9.17, 15) is 18.0 Å². The normalized spacial score (nSPS) is 18.8. The van der Waals surface area contributed by atoms with E-state index in [4.69, 9.17) is 0 Å². The molecule has 1 atom stereocenters. The van der Waals surface area contributed by atoms with Crippen LogP contribution >= 0.6 is 11.3 Å². The van der Waals surface area contributed by atoms with Gasteiger partial charge in [0.25, 0.3) is 0 Å². The van der Waals surface area contributed by atoms with Crippen molar-refractivity contribution in [2.24, 2.45) is 0 Å². The summed E-state index contributed by atoms with van der Waals surface area (Å²) in [6.07, 6.45) is -1.88. The molecule has 38 heavy (non-hydrogen) atoms. The SMILES string of the molecule is C[C@@H]1CN(c2sc(C(F)(F)F)nc2-c2nc3ccccc3[nH]2)CCN1C(=O)Cn1ncc2c1CCN(C)C2. The minimum Gasteiger partial charge on any atom is -0.358 e. The predicted octanol–water partition coefficient (Wildman–Crippen LogP) is 3.63. The largest absolute Gasteiger partial charge is 0.443 e. The van der Waals surface area contributed by atoms with Crippen molar-refractivity contribution in [3.05, 3.63) is 46.7 Å². The van der Waals surface area contributed by atoms with Gasteiger partial charge in [0, 0.05) is 56.4 Å². The van der Waals surface area contributed by atoms with E-state index in [1.807, 2.05) is 36.2 Å². The van der Waals surface area contributed by atoms with E-state index in [0.29, 0.717) is 47.3 Å². The molecule has 200 valence electrons. The number of thiazole rings is 1. The number of likely N-dealkylation sites (N-methyl/N-ethyl adjacent to an activating group) is 1. The van der Waals surface area contributed by atoms with Crippen LogP contribution in [0.25, 0.3) is 22.6 Å². The van der Waals surface area contributed by atoms with Crippen LogP contribution in [0.3, 0.4) is 0 Å². The number of carbonyl (C=O) groups excluding carboxylic acids is 1. The lowest BCUT2D eigenvalue weighted by Gasteiger charge is -2.40. The topological polar surface area (TPSA) is 86.2 Å². The summed E-state index contributed by atoms with van der Waals surface area (Å²) in [6.45, 7) is 5.00. The number of aromatic amines is 1. The van der Waals surface area contributed by atoms with Gasteiger partial charge in [-0.3, -0.25) is 9.48 Å². The maximum absolute atomic E-state index is 13.7. The standard InChI is InChI=1S/C25H27F3N8OS/c1-15-12-34(9-10-35(15)20(37)14-36-19-7-8-33(2)13-16(19)11-29-36)23-21(32-24(38-23)25(26,27)28)22-30-17-5-3-4-6-18(17)31-22/h3-6,11,15H,7-10,12-14H2,1-2H3,(H,30,31)/t15-/m1/s1. The highest BCUT2D eigenvalue weighted by atomic mass is 32.1. The Morgan fingerprint density at radius 1 is 1.18 bits per heavy atom. The van der Waals surface area contributed by atoms with Gasteiger partial charge in [0.1, 0.15) is 17.2 Å².